The third-order valence-corrected chi connectivity index (χ3v) is 4.10. The van der Waals surface area contributed by atoms with Crippen molar-refractivity contribution in [3.63, 3.8) is 0 Å². The van der Waals surface area contributed by atoms with Crippen molar-refractivity contribution in [2.24, 2.45) is 10.9 Å². The van der Waals surface area contributed by atoms with Gasteiger partial charge in [0.1, 0.15) is 0 Å². The van der Waals surface area contributed by atoms with E-state index in [-0.39, 0.29) is 24.0 Å². The van der Waals surface area contributed by atoms with Gasteiger partial charge in [0.15, 0.2) is 5.96 Å². The van der Waals surface area contributed by atoms with E-state index in [1.165, 1.54) is 38.8 Å². The number of hydrogen-bond donors (Lipinski definition) is 2. The van der Waals surface area contributed by atoms with Crippen molar-refractivity contribution < 1.29 is 4.74 Å². The minimum absolute atomic E-state index is 0. The Bertz CT molecular complexity index is 308. The van der Waals surface area contributed by atoms with Crippen LogP contribution >= 0.6 is 24.0 Å². The van der Waals surface area contributed by atoms with Gasteiger partial charge in [-0.05, 0) is 52.1 Å². The zero-order valence-corrected chi connectivity index (χ0v) is 15.8. The van der Waals surface area contributed by atoms with Crippen molar-refractivity contribution in [3.05, 3.63) is 0 Å². The summed E-state index contributed by atoms with van der Waals surface area (Å²) in [6.45, 7) is 8.13. The molecule has 0 aromatic carbocycles. The van der Waals surface area contributed by atoms with Crippen LogP contribution in [-0.4, -0.2) is 63.3 Å². The Hall–Kier alpha value is -0.0800. The van der Waals surface area contributed by atoms with Crippen LogP contribution in [0.4, 0.5) is 0 Å². The quantitative estimate of drug-likeness (QED) is 0.412. The number of ether oxygens (including phenoxy) is 1. The first-order valence-corrected chi connectivity index (χ1v) is 8.10. The molecular formula is C15H31IN4O. The lowest BCUT2D eigenvalue weighted by Crippen LogP contribution is -2.42. The highest BCUT2D eigenvalue weighted by atomic mass is 127. The van der Waals surface area contributed by atoms with Gasteiger partial charge in [-0.3, -0.25) is 4.99 Å². The van der Waals surface area contributed by atoms with E-state index in [0.29, 0.717) is 12.0 Å². The van der Waals surface area contributed by atoms with E-state index in [4.69, 9.17) is 9.73 Å². The summed E-state index contributed by atoms with van der Waals surface area (Å²) >= 11 is 0. The number of nitrogens with one attached hydrogen (secondary N) is 2. The second kappa shape index (κ2) is 10.6. The highest BCUT2D eigenvalue weighted by Gasteiger charge is 2.18. The molecule has 21 heavy (non-hydrogen) atoms. The summed E-state index contributed by atoms with van der Waals surface area (Å²) in [5, 5.41) is 6.74. The number of likely N-dealkylation sites (tertiary alicyclic amines) is 1. The average Bonchev–Trinajstić information content (AvgIpc) is 2.95. The molecule has 0 bridgehead atoms. The third-order valence-electron chi connectivity index (χ3n) is 4.10. The SMILES string of the molecule is CCNC(=NCC1CCCN(C)C1)NCC1CCCO1.I. The van der Waals surface area contributed by atoms with E-state index in [2.05, 4.69) is 29.5 Å². The second-order valence-electron chi connectivity index (χ2n) is 6.01. The summed E-state index contributed by atoms with van der Waals surface area (Å²) in [6.07, 6.45) is 5.32. The summed E-state index contributed by atoms with van der Waals surface area (Å²) in [5.41, 5.74) is 0. The molecule has 2 heterocycles. The zero-order chi connectivity index (χ0) is 14.2. The zero-order valence-electron chi connectivity index (χ0n) is 13.4. The van der Waals surface area contributed by atoms with Crippen molar-refractivity contribution in [2.75, 3.05) is 46.4 Å². The van der Waals surface area contributed by atoms with E-state index < -0.39 is 0 Å². The van der Waals surface area contributed by atoms with Gasteiger partial charge in [0.2, 0.25) is 0 Å². The Kier molecular flexibility index (Phi) is 9.59. The van der Waals surface area contributed by atoms with Gasteiger partial charge in [0.05, 0.1) is 6.10 Å². The van der Waals surface area contributed by atoms with Gasteiger partial charge in [-0.25, -0.2) is 0 Å². The van der Waals surface area contributed by atoms with Gasteiger partial charge in [-0.2, -0.15) is 0 Å². The Morgan fingerprint density at radius 3 is 2.81 bits per heavy atom. The van der Waals surface area contributed by atoms with Crippen LogP contribution in [0.2, 0.25) is 0 Å². The van der Waals surface area contributed by atoms with Crippen LogP contribution in [0.5, 0.6) is 0 Å². The molecule has 6 heteroatoms. The number of piperidine rings is 1. The molecule has 2 saturated heterocycles. The van der Waals surface area contributed by atoms with Crippen LogP contribution in [0.15, 0.2) is 4.99 Å². The van der Waals surface area contributed by atoms with Crippen LogP contribution in [0.25, 0.3) is 0 Å². The maximum absolute atomic E-state index is 5.64. The predicted molar refractivity (Wildman–Crippen MR) is 98.6 cm³/mol. The number of hydrogen-bond acceptors (Lipinski definition) is 3. The van der Waals surface area contributed by atoms with E-state index in [1.54, 1.807) is 0 Å². The average molecular weight is 410 g/mol. The molecule has 2 aliphatic heterocycles. The molecule has 2 atom stereocenters. The van der Waals surface area contributed by atoms with Crippen LogP contribution in [0, 0.1) is 5.92 Å². The summed E-state index contributed by atoms with van der Waals surface area (Å²) < 4.78 is 5.64. The molecule has 5 nitrogen and oxygen atoms in total. The number of rotatable bonds is 5. The summed E-state index contributed by atoms with van der Waals surface area (Å²) in [6, 6.07) is 0. The smallest absolute Gasteiger partial charge is 0.191 e. The van der Waals surface area contributed by atoms with Crippen LogP contribution in [0.1, 0.15) is 32.6 Å². The van der Waals surface area contributed by atoms with Crippen LogP contribution in [-0.2, 0) is 4.74 Å². The Morgan fingerprint density at radius 1 is 1.29 bits per heavy atom. The van der Waals surface area contributed by atoms with Crippen molar-refractivity contribution in [3.8, 4) is 0 Å². The number of guanidine groups is 1. The topological polar surface area (TPSA) is 48.9 Å². The molecule has 0 aliphatic carbocycles. The number of halogens is 1. The molecule has 0 radical (unpaired) electrons. The summed E-state index contributed by atoms with van der Waals surface area (Å²) in [4.78, 5) is 7.16. The molecule has 2 aliphatic rings. The fourth-order valence-electron chi connectivity index (χ4n) is 3.00. The molecule has 0 aromatic heterocycles. The van der Waals surface area contributed by atoms with Gasteiger partial charge >= 0.3 is 0 Å². The van der Waals surface area contributed by atoms with E-state index in [9.17, 15) is 0 Å². The van der Waals surface area contributed by atoms with Crippen LogP contribution in [0.3, 0.4) is 0 Å². The van der Waals surface area contributed by atoms with Crippen LogP contribution < -0.4 is 10.6 Å². The lowest BCUT2D eigenvalue weighted by molar-refractivity contribution is 0.113. The van der Waals surface area contributed by atoms with Crippen molar-refractivity contribution in [1.29, 1.82) is 0 Å². The molecule has 0 spiro atoms. The van der Waals surface area contributed by atoms with Gasteiger partial charge in [-0.15, -0.1) is 24.0 Å². The number of nitrogens with zero attached hydrogens (tertiary/aromatic N) is 2. The fraction of sp³-hybridized carbons (Fsp3) is 0.933. The van der Waals surface area contributed by atoms with Gasteiger partial charge in [-0.1, -0.05) is 0 Å². The highest BCUT2D eigenvalue weighted by molar-refractivity contribution is 14.0. The predicted octanol–water partition coefficient (Wildman–Crippen LogP) is 1.68. The van der Waals surface area contributed by atoms with Gasteiger partial charge in [0.25, 0.3) is 0 Å². The minimum atomic E-state index is 0. The first-order chi connectivity index (χ1) is 9.78. The monoisotopic (exact) mass is 410 g/mol. The first kappa shape index (κ1) is 19.0. The summed E-state index contributed by atoms with van der Waals surface area (Å²) in [7, 11) is 2.21. The molecular weight excluding hydrogens is 379 g/mol. The Morgan fingerprint density at radius 2 is 2.14 bits per heavy atom. The molecule has 2 N–H and O–H groups in total. The largest absolute Gasteiger partial charge is 0.376 e. The highest BCUT2D eigenvalue weighted by Crippen LogP contribution is 2.15. The number of aliphatic imine (C=N–C) groups is 1. The first-order valence-electron chi connectivity index (χ1n) is 8.10. The summed E-state index contributed by atoms with van der Waals surface area (Å²) in [5.74, 6) is 1.64. The lowest BCUT2D eigenvalue weighted by atomic mass is 9.99. The molecule has 0 amide bonds. The molecule has 0 saturated carbocycles. The third kappa shape index (κ3) is 7.15. The van der Waals surface area contributed by atoms with E-state index in [1.807, 2.05) is 0 Å². The van der Waals surface area contributed by atoms with Gasteiger partial charge < -0.3 is 20.3 Å². The fourth-order valence-corrected chi connectivity index (χ4v) is 3.00. The van der Waals surface area contributed by atoms with Crippen molar-refractivity contribution in [2.45, 2.75) is 38.7 Å². The van der Waals surface area contributed by atoms with E-state index >= 15 is 0 Å². The standard InChI is InChI=1S/C15H30N4O.HI/c1-3-16-15(18-11-14-7-5-9-20-14)17-10-13-6-4-8-19(2)12-13;/h13-14H,3-12H2,1-2H3,(H2,16,17,18);1H. The molecule has 0 aromatic rings. The molecule has 2 fully saturated rings. The Balaban J connectivity index is 0.00000220. The van der Waals surface area contributed by atoms with E-state index in [0.717, 1.165) is 32.2 Å². The van der Waals surface area contributed by atoms with Gasteiger partial charge in [0, 0.05) is 32.8 Å². The maximum Gasteiger partial charge on any atom is 0.191 e. The van der Waals surface area contributed by atoms with Crippen molar-refractivity contribution >= 4 is 29.9 Å². The second-order valence-corrected chi connectivity index (χ2v) is 6.01. The lowest BCUT2D eigenvalue weighted by Gasteiger charge is -2.28. The minimum Gasteiger partial charge on any atom is -0.376 e. The Labute approximate surface area is 146 Å². The molecule has 124 valence electrons. The van der Waals surface area contributed by atoms with Crippen molar-refractivity contribution in [1.82, 2.24) is 15.5 Å². The molecule has 2 unspecified atom stereocenters. The molecule has 2 rings (SSSR count). The normalized spacial score (nSPS) is 27.2. The maximum atomic E-state index is 5.64.